The van der Waals surface area contributed by atoms with Crippen molar-refractivity contribution in [3.63, 3.8) is 0 Å². The van der Waals surface area contributed by atoms with Crippen molar-refractivity contribution in [3.05, 3.63) is 11.8 Å². The third-order valence-electron chi connectivity index (χ3n) is 1.95. The molecule has 1 aromatic rings. The van der Waals surface area contributed by atoms with Gasteiger partial charge >= 0.3 is 0 Å². The number of hydrogen-bond acceptors (Lipinski definition) is 2. The fourth-order valence-corrected chi connectivity index (χ4v) is 1.16. The molecule has 0 saturated carbocycles. The number of hydrogen-bond donors (Lipinski definition) is 1. The first-order chi connectivity index (χ1) is 5.69. The Bertz CT molecular complexity index is 229. The molecule has 0 saturated heterocycles. The molecule has 0 fully saturated rings. The van der Waals surface area contributed by atoms with Gasteiger partial charge in [-0.3, -0.25) is 4.68 Å². The van der Waals surface area contributed by atoms with Gasteiger partial charge < -0.3 is 5.32 Å². The molecule has 0 bridgehead atoms. The maximum Gasteiger partial charge on any atom is 0.150 e. The lowest BCUT2D eigenvalue weighted by Gasteiger charge is -2.02. The molecule has 0 aliphatic heterocycles. The fraction of sp³-hybridized carbons (Fsp3) is 0.667. The molecule has 12 heavy (non-hydrogen) atoms. The molecule has 1 aromatic heterocycles. The first-order valence-corrected chi connectivity index (χ1v) is 4.44. The van der Waals surface area contributed by atoms with Crippen molar-refractivity contribution >= 4 is 5.82 Å². The molecular formula is C9H17N3. The number of nitrogens with one attached hydrogen (secondary N) is 1. The van der Waals surface area contributed by atoms with E-state index in [0.717, 1.165) is 12.2 Å². The van der Waals surface area contributed by atoms with Crippen LogP contribution in [0.25, 0.3) is 0 Å². The molecule has 0 aliphatic carbocycles. The molecular weight excluding hydrogens is 150 g/mol. The monoisotopic (exact) mass is 167 g/mol. The Morgan fingerprint density at radius 2 is 2.25 bits per heavy atom. The Labute approximate surface area is 73.8 Å². The summed E-state index contributed by atoms with van der Waals surface area (Å²) < 4.78 is 1.99. The van der Waals surface area contributed by atoms with Gasteiger partial charge in [-0.05, 0) is 20.3 Å². The summed E-state index contributed by atoms with van der Waals surface area (Å²) in [7, 11) is 1.91. The highest BCUT2D eigenvalue weighted by Gasteiger charge is 2.06. The molecule has 0 radical (unpaired) electrons. The summed E-state index contributed by atoms with van der Waals surface area (Å²) in [4.78, 5) is 0. The average Bonchev–Trinajstić information content (AvgIpc) is 2.46. The SMILES string of the molecule is CCc1cn(C(C)C)nc1NC. The summed E-state index contributed by atoms with van der Waals surface area (Å²) in [5.74, 6) is 1.01. The minimum atomic E-state index is 0.442. The third kappa shape index (κ3) is 1.60. The molecule has 1 heterocycles. The maximum absolute atomic E-state index is 4.40. The first-order valence-electron chi connectivity index (χ1n) is 4.44. The quantitative estimate of drug-likeness (QED) is 0.746. The van der Waals surface area contributed by atoms with Gasteiger partial charge in [0.1, 0.15) is 0 Å². The van der Waals surface area contributed by atoms with Gasteiger partial charge in [-0.2, -0.15) is 5.10 Å². The molecule has 1 rings (SSSR count). The van der Waals surface area contributed by atoms with Crippen LogP contribution in [0.15, 0.2) is 6.20 Å². The normalized spacial score (nSPS) is 10.8. The summed E-state index contributed by atoms with van der Waals surface area (Å²) in [6.07, 6.45) is 3.14. The predicted molar refractivity (Wildman–Crippen MR) is 51.5 cm³/mol. The summed E-state index contributed by atoms with van der Waals surface area (Å²) in [6.45, 7) is 6.40. The summed E-state index contributed by atoms with van der Waals surface area (Å²) in [5.41, 5.74) is 1.28. The zero-order valence-corrected chi connectivity index (χ0v) is 8.26. The Morgan fingerprint density at radius 3 is 2.58 bits per heavy atom. The van der Waals surface area contributed by atoms with Crippen molar-refractivity contribution in [1.29, 1.82) is 0 Å². The lowest BCUT2D eigenvalue weighted by molar-refractivity contribution is 0.533. The fourth-order valence-electron chi connectivity index (χ4n) is 1.16. The molecule has 0 aliphatic rings. The van der Waals surface area contributed by atoms with Crippen LogP contribution in [0.4, 0.5) is 5.82 Å². The van der Waals surface area contributed by atoms with Crippen LogP contribution in [0.3, 0.4) is 0 Å². The van der Waals surface area contributed by atoms with Crippen molar-refractivity contribution in [3.8, 4) is 0 Å². The minimum absolute atomic E-state index is 0.442. The highest BCUT2D eigenvalue weighted by molar-refractivity contribution is 5.42. The molecule has 0 spiro atoms. The Morgan fingerprint density at radius 1 is 1.58 bits per heavy atom. The third-order valence-corrected chi connectivity index (χ3v) is 1.95. The second kappa shape index (κ2) is 3.61. The van der Waals surface area contributed by atoms with Crippen LogP contribution in [-0.2, 0) is 6.42 Å². The van der Waals surface area contributed by atoms with Crippen molar-refractivity contribution < 1.29 is 0 Å². The zero-order valence-electron chi connectivity index (χ0n) is 8.26. The minimum Gasteiger partial charge on any atom is -0.371 e. The van der Waals surface area contributed by atoms with Crippen LogP contribution in [0, 0.1) is 0 Å². The van der Waals surface area contributed by atoms with Gasteiger partial charge in [0.15, 0.2) is 5.82 Å². The average molecular weight is 167 g/mol. The topological polar surface area (TPSA) is 29.9 Å². The van der Waals surface area contributed by atoms with Gasteiger partial charge in [0.2, 0.25) is 0 Å². The van der Waals surface area contributed by atoms with E-state index in [9.17, 15) is 0 Å². The number of aromatic nitrogens is 2. The second-order valence-electron chi connectivity index (χ2n) is 3.18. The van der Waals surface area contributed by atoms with E-state index in [1.165, 1.54) is 5.56 Å². The molecule has 0 atom stereocenters. The standard InChI is InChI=1S/C9H17N3/c1-5-8-6-12(7(2)3)11-9(8)10-4/h6-7H,5H2,1-4H3,(H,10,11). The van der Waals surface area contributed by atoms with Crippen LogP contribution in [0.1, 0.15) is 32.4 Å². The van der Waals surface area contributed by atoms with Crippen LogP contribution in [-0.4, -0.2) is 16.8 Å². The number of nitrogens with zero attached hydrogens (tertiary/aromatic N) is 2. The lowest BCUT2D eigenvalue weighted by atomic mass is 10.2. The van der Waals surface area contributed by atoms with E-state index in [0.29, 0.717) is 6.04 Å². The van der Waals surface area contributed by atoms with Gasteiger partial charge in [0.25, 0.3) is 0 Å². The van der Waals surface area contributed by atoms with Gasteiger partial charge in [-0.25, -0.2) is 0 Å². The highest BCUT2D eigenvalue weighted by atomic mass is 15.3. The van der Waals surface area contributed by atoms with E-state index in [1.54, 1.807) is 0 Å². The molecule has 0 aromatic carbocycles. The van der Waals surface area contributed by atoms with Crippen LogP contribution >= 0.6 is 0 Å². The Kier molecular flexibility index (Phi) is 2.74. The van der Waals surface area contributed by atoms with Crippen LogP contribution in [0.2, 0.25) is 0 Å². The van der Waals surface area contributed by atoms with Crippen LogP contribution < -0.4 is 5.32 Å². The van der Waals surface area contributed by atoms with Crippen molar-refractivity contribution in [2.45, 2.75) is 33.2 Å². The zero-order chi connectivity index (χ0) is 9.14. The van der Waals surface area contributed by atoms with E-state index in [2.05, 4.69) is 37.4 Å². The van der Waals surface area contributed by atoms with Gasteiger partial charge in [-0.15, -0.1) is 0 Å². The molecule has 3 nitrogen and oxygen atoms in total. The van der Waals surface area contributed by atoms with E-state index in [-0.39, 0.29) is 0 Å². The van der Waals surface area contributed by atoms with E-state index in [1.807, 2.05) is 11.7 Å². The predicted octanol–water partition coefficient (Wildman–Crippen LogP) is 2.07. The molecule has 0 amide bonds. The number of rotatable bonds is 3. The van der Waals surface area contributed by atoms with Crippen LogP contribution in [0.5, 0.6) is 0 Å². The maximum atomic E-state index is 4.40. The molecule has 68 valence electrons. The molecule has 0 unspecified atom stereocenters. The summed E-state index contributed by atoms with van der Waals surface area (Å²) in [5, 5.41) is 7.49. The first kappa shape index (κ1) is 9.10. The van der Waals surface area contributed by atoms with E-state index >= 15 is 0 Å². The summed E-state index contributed by atoms with van der Waals surface area (Å²) >= 11 is 0. The van der Waals surface area contributed by atoms with E-state index < -0.39 is 0 Å². The van der Waals surface area contributed by atoms with Gasteiger partial charge in [0, 0.05) is 24.8 Å². The second-order valence-corrected chi connectivity index (χ2v) is 3.18. The lowest BCUT2D eigenvalue weighted by Crippen LogP contribution is -2.01. The van der Waals surface area contributed by atoms with Crippen molar-refractivity contribution in [2.24, 2.45) is 0 Å². The van der Waals surface area contributed by atoms with Gasteiger partial charge in [0.05, 0.1) is 0 Å². The number of aryl methyl sites for hydroxylation is 1. The molecule has 3 heteroatoms. The molecule has 1 N–H and O–H groups in total. The summed E-state index contributed by atoms with van der Waals surface area (Å²) in [6, 6.07) is 0.442. The van der Waals surface area contributed by atoms with Gasteiger partial charge in [-0.1, -0.05) is 6.92 Å². The van der Waals surface area contributed by atoms with E-state index in [4.69, 9.17) is 0 Å². The largest absolute Gasteiger partial charge is 0.371 e. The smallest absolute Gasteiger partial charge is 0.150 e. The Hall–Kier alpha value is -0.990. The highest BCUT2D eigenvalue weighted by Crippen LogP contribution is 2.15. The van der Waals surface area contributed by atoms with Crippen molar-refractivity contribution in [2.75, 3.05) is 12.4 Å². The number of anilines is 1. The van der Waals surface area contributed by atoms with Crippen molar-refractivity contribution in [1.82, 2.24) is 9.78 Å². The Balaban J connectivity index is 2.97.